The van der Waals surface area contributed by atoms with E-state index < -0.39 is 0 Å². The Morgan fingerprint density at radius 1 is 1.04 bits per heavy atom. The van der Waals surface area contributed by atoms with Crippen LogP contribution in [0.5, 0.6) is 5.75 Å². The van der Waals surface area contributed by atoms with Crippen LogP contribution in [-0.2, 0) is 6.54 Å². The van der Waals surface area contributed by atoms with Gasteiger partial charge in [-0.1, -0.05) is 30.3 Å². The van der Waals surface area contributed by atoms with Gasteiger partial charge >= 0.3 is 0 Å². The van der Waals surface area contributed by atoms with Gasteiger partial charge in [-0.2, -0.15) is 0 Å². The highest BCUT2D eigenvalue weighted by molar-refractivity contribution is 5.98. The van der Waals surface area contributed by atoms with Crippen molar-refractivity contribution in [2.24, 2.45) is 0 Å². The lowest BCUT2D eigenvalue weighted by Gasteiger charge is -2.07. The van der Waals surface area contributed by atoms with Crippen LogP contribution in [0.2, 0.25) is 0 Å². The van der Waals surface area contributed by atoms with Crippen molar-refractivity contribution in [3.05, 3.63) is 89.9 Å². The molecule has 132 valence electrons. The summed E-state index contributed by atoms with van der Waals surface area (Å²) in [6.07, 6.45) is 2.14. The second kappa shape index (κ2) is 6.89. The van der Waals surface area contributed by atoms with E-state index >= 15 is 0 Å². The number of hydrogen-bond donors (Lipinski definition) is 1. The molecule has 4 nitrogen and oxygen atoms in total. The molecule has 0 spiro atoms. The number of nitrogens with two attached hydrogens (primary N) is 1. The highest BCUT2D eigenvalue weighted by Gasteiger charge is 2.12. The Hall–Kier alpha value is -3.71. The zero-order chi connectivity index (χ0) is 18.8. The van der Waals surface area contributed by atoms with Crippen LogP contribution in [0.15, 0.2) is 72.9 Å². The predicted octanol–water partition coefficient (Wildman–Crippen LogP) is 5.50. The second-order valence-electron chi connectivity index (χ2n) is 6.46. The lowest BCUT2D eigenvalue weighted by atomic mass is 10.0. The Kier molecular flexibility index (Phi) is 4.27. The van der Waals surface area contributed by atoms with Gasteiger partial charge in [-0.05, 0) is 52.9 Å². The normalized spacial score (nSPS) is 10.7. The number of nitrogens with zero attached hydrogens (tertiary/aromatic N) is 2. The number of anilines is 1. The first-order chi connectivity index (χ1) is 13.2. The number of hydrogen-bond acceptors (Lipinski definition) is 2. The lowest BCUT2D eigenvalue weighted by molar-refractivity contribution is 0.414. The summed E-state index contributed by atoms with van der Waals surface area (Å²) >= 11 is 0. The van der Waals surface area contributed by atoms with E-state index in [1.165, 1.54) is 5.56 Å². The molecule has 1 heterocycles. The number of rotatable bonds is 4. The topological polar surface area (TPSA) is 44.5 Å². The van der Waals surface area contributed by atoms with Crippen molar-refractivity contribution in [3.63, 3.8) is 0 Å². The van der Waals surface area contributed by atoms with Crippen LogP contribution in [0, 0.1) is 6.57 Å². The number of benzene rings is 3. The summed E-state index contributed by atoms with van der Waals surface area (Å²) in [6, 6.07) is 21.8. The number of aromatic nitrogens is 1. The molecule has 0 amide bonds. The van der Waals surface area contributed by atoms with Crippen molar-refractivity contribution in [2.75, 3.05) is 12.8 Å². The van der Waals surface area contributed by atoms with Gasteiger partial charge in [-0.15, -0.1) is 0 Å². The van der Waals surface area contributed by atoms with Crippen LogP contribution in [0.3, 0.4) is 0 Å². The summed E-state index contributed by atoms with van der Waals surface area (Å²) in [5, 5.41) is 1.06. The Labute approximate surface area is 158 Å². The first kappa shape index (κ1) is 16.7. The molecular weight excluding hydrogens is 334 g/mol. The number of ether oxygens (including phenoxy) is 1. The maximum absolute atomic E-state index is 7.34. The molecule has 1 aromatic heterocycles. The zero-order valence-corrected chi connectivity index (χ0v) is 15.0. The van der Waals surface area contributed by atoms with E-state index in [1.54, 1.807) is 7.11 Å². The smallest absolute Gasteiger partial charge is 0.188 e. The molecule has 0 aliphatic carbocycles. The minimum absolute atomic E-state index is 0.634. The second-order valence-corrected chi connectivity index (χ2v) is 6.46. The van der Waals surface area contributed by atoms with Crippen LogP contribution < -0.4 is 10.5 Å². The zero-order valence-electron chi connectivity index (χ0n) is 15.0. The third-order valence-electron chi connectivity index (χ3n) is 4.70. The Balaban J connectivity index is 1.84. The van der Waals surface area contributed by atoms with Crippen LogP contribution in [0.1, 0.15) is 5.56 Å². The molecule has 0 bridgehead atoms. The molecule has 0 unspecified atom stereocenters. The molecule has 4 aromatic rings. The largest absolute Gasteiger partial charge is 0.497 e. The van der Waals surface area contributed by atoms with E-state index in [4.69, 9.17) is 17.0 Å². The molecule has 3 aromatic carbocycles. The lowest BCUT2D eigenvalue weighted by Crippen LogP contribution is -1.97. The summed E-state index contributed by atoms with van der Waals surface area (Å²) in [6.45, 7) is 8.08. The SMILES string of the molecule is [C-]#[N+]c1ccc2c(c1)c(-c1cccc(N)c1)cn2Cc1ccc(OC)cc1. The van der Waals surface area contributed by atoms with Gasteiger partial charge in [0, 0.05) is 29.5 Å². The first-order valence-corrected chi connectivity index (χ1v) is 8.67. The van der Waals surface area contributed by atoms with Gasteiger partial charge in [0.1, 0.15) is 5.75 Å². The summed E-state index contributed by atoms with van der Waals surface area (Å²) in [5.74, 6) is 0.846. The third-order valence-corrected chi connectivity index (χ3v) is 4.70. The quantitative estimate of drug-likeness (QED) is 0.389. The molecule has 0 atom stereocenters. The Bertz CT molecular complexity index is 1150. The van der Waals surface area contributed by atoms with E-state index in [9.17, 15) is 0 Å². The number of fused-ring (bicyclic) bond motifs is 1. The van der Waals surface area contributed by atoms with Crippen molar-refractivity contribution < 1.29 is 4.74 Å². The first-order valence-electron chi connectivity index (χ1n) is 8.67. The summed E-state index contributed by atoms with van der Waals surface area (Å²) in [4.78, 5) is 3.59. The predicted molar refractivity (Wildman–Crippen MR) is 110 cm³/mol. The molecular formula is C23H19N3O. The molecule has 4 rings (SSSR count). The highest BCUT2D eigenvalue weighted by Crippen LogP contribution is 2.34. The molecule has 0 saturated heterocycles. The van der Waals surface area contributed by atoms with Crippen molar-refractivity contribution in [2.45, 2.75) is 6.54 Å². The molecule has 27 heavy (non-hydrogen) atoms. The van der Waals surface area contributed by atoms with Crippen LogP contribution >= 0.6 is 0 Å². The maximum Gasteiger partial charge on any atom is 0.188 e. The van der Waals surface area contributed by atoms with Gasteiger partial charge in [0.25, 0.3) is 0 Å². The molecule has 4 heteroatoms. The molecule has 2 N–H and O–H groups in total. The summed E-state index contributed by atoms with van der Waals surface area (Å²) < 4.78 is 7.45. The van der Waals surface area contributed by atoms with Crippen molar-refractivity contribution in [3.8, 4) is 16.9 Å². The van der Waals surface area contributed by atoms with Gasteiger partial charge in [0.2, 0.25) is 0 Å². The van der Waals surface area contributed by atoms with Gasteiger partial charge < -0.3 is 15.0 Å². The standard InChI is InChI=1S/C23H19N3O/c1-25-19-8-11-23-21(13-19)22(17-4-3-5-18(24)12-17)15-26(23)14-16-6-9-20(27-2)10-7-16/h3-13,15H,14,24H2,2H3. The minimum atomic E-state index is 0.634. The Morgan fingerprint density at radius 3 is 2.56 bits per heavy atom. The number of nitrogen functional groups attached to an aromatic ring is 1. The van der Waals surface area contributed by atoms with Crippen molar-refractivity contribution in [1.29, 1.82) is 0 Å². The Morgan fingerprint density at radius 2 is 1.85 bits per heavy atom. The van der Waals surface area contributed by atoms with Gasteiger partial charge in [0.05, 0.1) is 13.7 Å². The van der Waals surface area contributed by atoms with Crippen molar-refractivity contribution in [1.82, 2.24) is 4.57 Å². The van der Waals surface area contributed by atoms with Gasteiger partial charge in [-0.3, -0.25) is 0 Å². The third kappa shape index (κ3) is 3.23. The van der Waals surface area contributed by atoms with Gasteiger partial charge in [-0.25, -0.2) is 4.85 Å². The van der Waals surface area contributed by atoms with Crippen LogP contribution in [-0.4, -0.2) is 11.7 Å². The van der Waals surface area contributed by atoms with E-state index in [1.807, 2.05) is 54.6 Å². The fourth-order valence-corrected chi connectivity index (χ4v) is 3.35. The van der Waals surface area contributed by atoms with E-state index in [2.05, 4.69) is 27.7 Å². The number of methoxy groups -OCH3 is 1. The molecule has 0 aliphatic rings. The van der Waals surface area contributed by atoms with Crippen LogP contribution in [0.25, 0.3) is 26.9 Å². The average Bonchev–Trinajstić information content (AvgIpc) is 3.06. The molecule has 0 fully saturated rings. The molecule has 0 saturated carbocycles. The van der Waals surface area contributed by atoms with E-state index in [-0.39, 0.29) is 0 Å². The highest BCUT2D eigenvalue weighted by atomic mass is 16.5. The van der Waals surface area contributed by atoms with Gasteiger partial charge in [0.15, 0.2) is 5.69 Å². The molecule has 0 aliphatic heterocycles. The average molecular weight is 353 g/mol. The summed E-state index contributed by atoms with van der Waals surface area (Å²) in [7, 11) is 1.67. The molecule has 0 radical (unpaired) electrons. The van der Waals surface area contributed by atoms with E-state index in [0.717, 1.165) is 40.0 Å². The van der Waals surface area contributed by atoms with E-state index in [0.29, 0.717) is 5.69 Å². The van der Waals surface area contributed by atoms with Crippen molar-refractivity contribution >= 4 is 22.3 Å². The minimum Gasteiger partial charge on any atom is -0.497 e. The maximum atomic E-state index is 7.34. The van der Waals surface area contributed by atoms with Crippen LogP contribution in [0.4, 0.5) is 11.4 Å². The monoisotopic (exact) mass is 353 g/mol. The fourth-order valence-electron chi connectivity index (χ4n) is 3.35. The summed E-state index contributed by atoms with van der Waals surface area (Å²) in [5.41, 5.74) is 11.8. The fraction of sp³-hybridized carbons (Fsp3) is 0.0870.